The molecule has 1 aliphatic rings. The Balaban J connectivity index is 2.25. The van der Waals surface area contributed by atoms with E-state index in [0.29, 0.717) is 25.9 Å². The number of hydrogen-bond donors (Lipinski definition) is 3. The van der Waals surface area contributed by atoms with Crippen LogP contribution in [0, 0.1) is 5.31 Å². The van der Waals surface area contributed by atoms with Crippen molar-refractivity contribution >= 4 is 13.1 Å². The number of carbonyl (C=O) groups is 1. The van der Waals surface area contributed by atoms with E-state index < -0.39 is 0 Å². The molecule has 0 aromatic carbocycles. The first-order chi connectivity index (χ1) is 6.76. The van der Waals surface area contributed by atoms with Crippen LogP contribution in [-0.2, 0) is 4.79 Å². The van der Waals surface area contributed by atoms with Gasteiger partial charge in [-0.15, -0.1) is 0 Å². The van der Waals surface area contributed by atoms with Crippen LogP contribution in [0.2, 0.25) is 0 Å². The van der Waals surface area contributed by atoms with Gasteiger partial charge in [-0.25, -0.2) is 0 Å². The van der Waals surface area contributed by atoms with E-state index in [9.17, 15) is 4.79 Å². The topological polar surface area (TPSA) is 76.4 Å². The van der Waals surface area contributed by atoms with Gasteiger partial charge in [-0.1, -0.05) is 0 Å². The number of amides is 1. The first-order valence-corrected chi connectivity index (χ1v) is 4.91. The van der Waals surface area contributed by atoms with Crippen LogP contribution in [0.5, 0.6) is 0 Å². The third kappa shape index (κ3) is 3.45. The summed E-state index contributed by atoms with van der Waals surface area (Å²) in [4.78, 5) is 12.7. The molecule has 0 aliphatic carbocycles. The van der Waals surface area contributed by atoms with Crippen LogP contribution < -0.4 is 5.32 Å². The van der Waals surface area contributed by atoms with Crippen molar-refractivity contribution in [2.75, 3.05) is 19.7 Å². The average Bonchev–Trinajstić information content (AvgIpc) is 2.58. The fourth-order valence-electron chi connectivity index (χ4n) is 1.58. The maximum atomic E-state index is 10.9. The van der Waals surface area contributed by atoms with Gasteiger partial charge in [0.25, 0.3) is 0 Å². The molecule has 0 spiro atoms. The molecule has 1 aliphatic heterocycles. The van der Waals surface area contributed by atoms with Gasteiger partial charge in [0, 0.05) is 0 Å². The number of aliphatic hydroxyl groups is 1. The molecule has 0 saturated carbocycles. The summed E-state index contributed by atoms with van der Waals surface area (Å²) < 4.78 is 0. The zero-order valence-electron chi connectivity index (χ0n) is 8.20. The van der Waals surface area contributed by atoms with Gasteiger partial charge in [-0.3, -0.25) is 0 Å². The molecule has 1 fully saturated rings. The second kappa shape index (κ2) is 5.75. The van der Waals surface area contributed by atoms with Crippen LogP contribution in [-0.4, -0.2) is 48.8 Å². The third-order valence-corrected chi connectivity index (χ3v) is 2.33. The second-order valence-corrected chi connectivity index (χ2v) is 3.50. The van der Waals surface area contributed by atoms with E-state index in [-0.39, 0.29) is 18.6 Å². The first-order valence-electron chi connectivity index (χ1n) is 4.91. The molecule has 3 N–H and O–H groups in total. The zero-order valence-corrected chi connectivity index (χ0v) is 8.20. The Morgan fingerprint density at radius 1 is 1.71 bits per heavy atom. The Labute approximate surface area is 84.3 Å². The van der Waals surface area contributed by atoms with Crippen molar-refractivity contribution in [3.8, 4) is 0 Å². The number of aliphatic hydroxyl groups excluding tert-OH is 1. The van der Waals surface area contributed by atoms with Crippen LogP contribution in [0.4, 0.5) is 0 Å². The maximum absolute atomic E-state index is 10.9. The molecule has 1 amide bonds. The summed E-state index contributed by atoms with van der Waals surface area (Å²) in [5, 5.41) is 18.6. The van der Waals surface area contributed by atoms with Crippen LogP contribution in [0.3, 0.4) is 0 Å². The summed E-state index contributed by atoms with van der Waals surface area (Å²) in [6.07, 6.45) is 2.11. The van der Waals surface area contributed by atoms with Crippen LogP contribution in [0.1, 0.15) is 19.3 Å². The van der Waals surface area contributed by atoms with Crippen molar-refractivity contribution in [1.29, 1.82) is 5.31 Å². The van der Waals surface area contributed by atoms with Gasteiger partial charge in [0.2, 0.25) is 0 Å². The third-order valence-electron chi connectivity index (χ3n) is 2.33. The van der Waals surface area contributed by atoms with E-state index in [2.05, 4.69) is 5.32 Å². The van der Waals surface area contributed by atoms with Crippen LogP contribution in [0.25, 0.3) is 0 Å². The van der Waals surface area contributed by atoms with Gasteiger partial charge in [0.15, 0.2) is 0 Å². The Morgan fingerprint density at radius 2 is 2.50 bits per heavy atom. The van der Waals surface area contributed by atoms with E-state index in [4.69, 9.17) is 10.4 Å². The van der Waals surface area contributed by atoms with Gasteiger partial charge >= 0.3 is 83.5 Å². The van der Waals surface area contributed by atoms with E-state index in [1.54, 1.807) is 0 Å². The van der Waals surface area contributed by atoms with E-state index >= 15 is 0 Å². The van der Waals surface area contributed by atoms with E-state index in [1.807, 2.05) is 4.81 Å². The Morgan fingerprint density at radius 3 is 3.00 bits per heavy atom. The van der Waals surface area contributed by atoms with Gasteiger partial charge < -0.3 is 0 Å². The van der Waals surface area contributed by atoms with Crippen molar-refractivity contribution in [2.45, 2.75) is 25.3 Å². The number of hydrogen-bond acceptors (Lipinski definition) is 3. The molecule has 0 aromatic heterocycles. The predicted octanol–water partition coefficient (Wildman–Crippen LogP) is -0.669. The van der Waals surface area contributed by atoms with Gasteiger partial charge in [-0.2, -0.15) is 0 Å². The summed E-state index contributed by atoms with van der Waals surface area (Å²) in [6, 6.07) is 0.169. The Kier molecular flexibility index (Phi) is 4.59. The van der Waals surface area contributed by atoms with Crippen molar-refractivity contribution in [3.05, 3.63) is 0 Å². The predicted molar refractivity (Wildman–Crippen MR) is 52.9 cm³/mol. The second-order valence-electron chi connectivity index (χ2n) is 3.50. The molecular weight excluding hydrogens is 181 g/mol. The molecule has 5 nitrogen and oxygen atoms in total. The normalized spacial score (nSPS) is 20.4. The standard InChI is InChI=1S/C8H16BN3O2/c10-9-12(4-1-5-13)6-7-2-3-8(14)11-7/h7,10,13H,1-6H2,(H,11,14). The monoisotopic (exact) mass is 197 g/mol. The molecule has 78 valence electrons. The minimum atomic E-state index is 0.0992. The molecule has 1 unspecified atom stereocenters. The number of nitrogens with one attached hydrogen (secondary N) is 2. The SMILES string of the molecule is N=BN(CCCO)CC1CCC(=O)N1. The molecule has 6 heteroatoms. The van der Waals surface area contributed by atoms with Crippen LogP contribution in [0.15, 0.2) is 0 Å². The molecule has 14 heavy (non-hydrogen) atoms. The average molecular weight is 197 g/mol. The van der Waals surface area contributed by atoms with Crippen molar-refractivity contribution in [2.24, 2.45) is 0 Å². The zero-order chi connectivity index (χ0) is 10.4. The molecule has 1 saturated heterocycles. The molecular formula is C8H16BN3O2. The molecule has 1 heterocycles. The fourth-order valence-corrected chi connectivity index (χ4v) is 1.58. The molecule has 1 rings (SSSR count). The number of rotatable bonds is 6. The van der Waals surface area contributed by atoms with E-state index in [1.165, 1.54) is 7.21 Å². The van der Waals surface area contributed by atoms with Crippen molar-refractivity contribution < 1.29 is 9.90 Å². The van der Waals surface area contributed by atoms with Crippen LogP contribution >= 0.6 is 0 Å². The summed E-state index contributed by atoms with van der Waals surface area (Å²) in [5.41, 5.74) is 0. The summed E-state index contributed by atoms with van der Waals surface area (Å²) >= 11 is 0. The van der Waals surface area contributed by atoms with Gasteiger partial charge in [-0.05, 0) is 0 Å². The van der Waals surface area contributed by atoms with Crippen molar-refractivity contribution in [3.63, 3.8) is 0 Å². The molecule has 1 atom stereocenters. The van der Waals surface area contributed by atoms with Gasteiger partial charge in [0.1, 0.15) is 0 Å². The first kappa shape index (κ1) is 11.2. The summed E-state index contributed by atoms with van der Waals surface area (Å²) in [5.74, 6) is 0.0992. The Bertz CT molecular complexity index is 213. The Hall–Kier alpha value is -0.905. The fraction of sp³-hybridized carbons (Fsp3) is 0.875. The van der Waals surface area contributed by atoms with Crippen molar-refractivity contribution in [1.82, 2.24) is 10.1 Å². The molecule has 0 aromatic rings. The summed E-state index contributed by atoms with van der Waals surface area (Å²) in [6.45, 7) is 1.49. The quantitative estimate of drug-likeness (QED) is 0.494. The number of carbonyl (C=O) groups excluding carboxylic acids is 1. The van der Waals surface area contributed by atoms with Gasteiger partial charge in [0.05, 0.1) is 0 Å². The molecule has 0 bridgehead atoms. The number of nitrogens with zero attached hydrogens (tertiary/aromatic N) is 1. The minimum absolute atomic E-state index is 0.0992. The summed E-state index contributed by atoms with van der Waals surface area (Å²) in [7, 11) is 1.26. The van der Waals surface area contributed by atoms with E-state index in [0.717, 1.165) is 6.42 Å². The molecule has 0 radical (unpaired) electrons.